The van der Waals surface area contributed by atoms with Gasteiger partial charge in [-0.1, -0.05) is 59.1 Å². The summed E-state index contributed by atoms with van der Waals surface area (Å²) in [5.41, 5.74) is 4.31. The largest absolute Gasteiger partial charge is 0.490 e. The lowest BCUT2D eigenvalue weighted by molar-refractivity contribution is 0.269. The van der Waals surface area contributed by atoms with Crippen molar-refractivity contribution in [3.63, 3.8) is 0 Å². The molecule has 0 fully saturated rings. The van der Waals surface area contributed by atoms with Gasteiger partial charge in [-0.15, -0.1) is 12.4 Å². The van der Waals surface area contributed by atoms with Crippen LogP contribution >= 0.6 is 47.2 Å². The second kappa shape index (κ2) is 12.6. The Morgan fingerprint density at radius 3 is 2.53 bits per heavy atom. The first-order valence-electron chi connectivity index (χ1n) is 10.8. The SMILES string of the molecule is CCOc1cc(CNCCc2c[nH]c3ccccc23)cc(Cl)c1OCc1ccc(Cl)cc1Cl.Cl. The summed E-state index contributed by atoms with van der Waals surface area (Å²) < 4.78 is 11.8. The molecule has 4 nitrogen and oxygen atoms in total. The summed E-state index contributed by atoms with van der Waals surface area (Å²) in [6, 6.07) is 17.5. The van der Waals surface area contributed by atoms with Crippen molar-refractivity contribution < 1.29 is 9.47 Å². The van der Waals surface area contributed by atoms with E-state index in [4.69, 9.17) is 44.3 Å². The molecule has 3 aromatic carbocycles. The second-order valence-electron chi connectivity index (χ2n) is 7.65. The molecule has 0 amide bonds. The van der Waals surface area contributed by atoms with Crippen LogP contribution < -0.4 is 14.8 Å². The number of halogens is 4. The highest BCUT2D eigenvalue weighted by molar-refractivity contribution is 6.35. The molecule has 0 unspecified atom stereocenters. The molecule has 4 aromatic rings. The molecule has 180 valence electrons. The second-order valence-corrected chi connectivity index (χ2v) is 8.90. The summed E-state index contributed by atoms with van der Waals surface area (Å²) in [4.78, 5) is 3.32. The van der Waals surface area contributed by atoms with Gasteiger partial charge in [0.1, 0.15) is 6.61 Å². The third-order valence-corrected chi connectivity index (χ3v) is 6.20. The van der Waals surface area contributed by atoms with Crippen LogP contribution in [0, 0.1) is 0 Å². The number of para-hydroxylation sites is 1. The minimum Gasteiger partial charge on any atom is -0.490 e. The van der Waals surface area contributed by atoms with Crippen LogP contribution in [0.15, 0.2) is 60.8 Å². The predicted molar refractivity (Wildman–Crippen MR) is 144 cm³/mol. The highest BCUT2D eigenvalue weighted by atomic mass is 35.5. The molecule has 0 radical (unpaired) electrons. The van der Waals surface area contributed by atoms with E-state index in [1.807, 2.05) is 31.2 Å². The van der Waals surface area contributed by atoms with Crippen LogP contribution in [0.3, 0.4) is 0 Å². The van der Waals surface area contributed by atoms with Crippen molar-refractivity contribution in [3.8, 4) is 11.5 Å². The molecule has 0 saturated heterocycles. The maximum absolute atomic E-state index is 6.57. The third kappa shape index (κ3) is 6.53. The number of nitrogens with one attached hydrogen (secondary N) is 2. The van der Waals surface area contributed by atoms with Crippen LogP contribution in [-0.2, 0) is 19.6 Å². The molecular formula is C26H26Cl4N2O2. The Balaban J connectivity index is 0.00000324. The smallest absolute Gasteiger partial charge is 0.180 e. The number of fused-ring (bicyclic) bond motifs is 1. The van der Waals surface area contributed by atoms with Gasteiger partial charge in [-0.05, 0) is 61.3 Å². The van der Waals surface area contributed by atoms with Gasteiger partial charge < -0.3 is 19.8 Å². The van der Waals surface area contributed by atoms with E-state index < -0.39 is 0 Å². The van der Waals surface area contributed by atoms with Gasteiger partial charge in [-0.3, -0.25) is 0 Å². The van der Waals surface area contributed by atoms with Crippen molar-refractivity contribution in [1.82, 2.24) is 10.3 Å². The molecular weight excluding hydrogens is 514 g/mol. The van der Waals surface area contributed by atoms with Gasteiger partial charge in [-0.2, -0.15) is 0 Å². The fourth-order valence-corrected chi connectivity index (χ4v) is 4.46. The Bertz CT molecular complexity index is 1240. The first-order valence-corrected chi connectivity index (χ1v) is 12.0. The highest BCUT2D eigenvalue weighted by Gasteiger charge is 2.14. The number of H-pyrrole nitrogens is 1. The molecule has 0 aliphatic carbocycles. The van der Waals surface area contributed by atoms with Gasteiger partial charge in [0.2, 0.25) is 0 Å². The van der Waals surface area contributed by atoms with E-state index in [0.29, 0.717) is 39.7 Å². The maximum Gasteiger partial charge on any atom is 0.180 e. The zero-order valence-electron chi connectivity index (χ0n) is 18.7. The molecule has 0 atom stereocenters. The Kier molecular flexibility index (Phi) is 9.81. The summed E-state index contributed by atoms with van der Waals surface area (Å²) >= 11 is 18.8. The highest BCUT2D eigenvalue weighted by Crippen LogP contribution is 2.37. The number of benzene rings is 3. The van der Waals surface area contributed by atoms with Gasteiger partial charge >= 0.3 is 0 Å². The molecule has 8 heteroatoms. The number of aromatic amines is 1. The Morgan fingerprint density at radius 1 is 0.912 bits per heavy atom. The van der Waals surface area contributed by atoms with E-state index in [9.17, 15) is 0 Å². The molecule has 34 heavy (non-hydrogen) atoms. The molecule has 4 rings (SSSR count). The molecule has 1 aromatic heterocycles. The summed E-state index contributed by atoms with van der Waals surface area (Å²) in [5.74, 6) is 1.12. The van der Waals surface area contributed by atoms with Crippen LogP contribution in [0.4, 0.5) is 0 Å². The number of hydrogen-bond acceptors (Lipinski definition) is 3. The van der Waals surface area contributed by atoms with Crippen molar-refractivity contribution in [2.75, 3.05) is 13.2 Å². The van der Waals surface area contributed by atoms with Crippen LogP contribution in [0.5, 0.6) is 11.5 Å². The lowest BCUT2D eigenvalue weighted by Crippen LogP contribution is -2.16. The van der Waals surface area contributed by atoms with Crippen LogP contribution in [0.25, 0.3) is 10.9 Å². The molecule has 0 spiro atoms. The van der Waals surface area contributed by atoms with E-state index in [-0.39, 0.29) is 19.0 Å². The predicted octanol–water partition coefficient (Wildman–Crippen LogP) is 7.86. The van der Waals surface area contributed by atoms with Crippen LogP contribution in [-0.4, -0.2) is 18.1 Å². The zero-order valence-corrected chi connectivity index (χ0v) is 21.8. The third-order valence-electron chi connectivity index (χ3n) is 5.33. The Labute approximate surface area is 220 Å². The zero-order chi connectivity index (χ0) is 23.2. The summed E-state index contributed by atoms with van der Waals surface area (Å²) in [5, 5.41) is 6.39. The number of ether oxygens (including phenoxy) is 2. The van der Waals surface area contributed by atoms with Crippen LogP contribution in [0.1, 0.15) is 23.6 Å². The van der Waals surface area contributed by atoms with E-state index in [1.165, 1.54) is 10.9 Å². The monoisotopic (exact) mass is 538 g/mol. The minimum absolute atomic E-state index is 0. The topological polar surface area (TPSA) is 46.3 Å². The number of rotatable bonds is 10. The van der Waals surface area contributed by atoms with E-state index in [1.54, 1.807) is 12.1 Å². The fraction of sp³-hybridized carbons (Fsp3) is 0.231. The van der Waals surface area contributed by atoms with Crippen molar-refractivity contribution in [3.05, 3.63) is 92.6 Å². The fourth-order valence-electron chi connectivity index (χ4n) is 3.71. The van der Waals surface area contributed by atoms with Gasteiger partial charge in [0.25, 0.3) is 0 Å². The minimum atomic E-state index is 0. The molecule has 0 aliphatic rings. The lowest BCUT2D eigenvalue weighted by atomic mass is 10.1. The molecule has 0 saturated carbocycles. The molecule has 0 aliphatic heterocycles. The summed E-state index contributed by atoms with van der Waals surface area (Å²) in [6.45, 7) is 4.21. The molecule has 2 N–H and O–H groups in total. The van der Waals surface area contributed by atoms with Gasteiger partial charge in [-0.25, -0.2) is 0 Å². The first-order chi connectivity index (χ1) is 16.0. The van der Waals surface area contributed by atoms with Crippen molar-refractivity contribution >= 4 is 58.1 Å². The Hall–Kier alpha value is -2.08. The Morgan fingerprint density at radius 2 is 1.74 bits per heavy atom. The molecule has 1 heterocycles. The number of aromatic nitrogens is 1. The van der Waals surface area contributed by atoms with E-state index in [0.717, 1.165) is 29.6 Å². The van der Waals surface area contributed by atoms with Crippen LogP contribution in [0.2, 0.25) is 15.1 Å². The average molecular weight is 540 g/mol. The lowest BCUT2D eigenvalue weighted by Gasteiger charge is -2.16. The van der Waals surface area contributed by atoms with Gasteiger partial charge in [0, 0.05) is 39.3 Å². The summed E-state index contributed by atoms with van der Waals surface area (Å²) in [6.07, 6.45) is 3.01. The molecule has 0 bridgehead atoms. The van der Waals surface area contributed by atoms with Crippen molar-refractivity contribution in [1.29, 1.82) is 0 Å². The van der Waals surface area contributed by atoms with Gasteiger partial charge in [0.15, 0.2) is 11.5 Å². The average Bonchev–Trinajstić information content (AvgIpc) is 3.21. The van der Waals surface area contributed by atoms with Crippen molar-refractivity contribution in [2.45, 2.75) is 26.5 Å². The maximum atomic E-state index is 6.57. The van der Waals surface area contributed by atoms with Gasteiger partial charge in [0.05, 0.1) is 11.6 Å². The number of hydrogen-bond donors (Lipinski definition) is 2. The normalized spacial score (nSPS) is 10.8. The van der Waals surface area contributed by atoms with E-state index >= 15 is 0 Å². The standard InChI is InChI=1S/C26H25Cl3N2O2.ClH/c1-2-32-25-12-17(14-30-10-9-18-15-31-24-6-4-3-5-21(18)24)11-23(29)26(25)33-16-19-7-8-20(27)13-22(19)28;/h3-8,11-13,15,30-31H,2,9-10,14,16H2,1H3;1H. The summed E-state index contributed by atoms with van der Waals surface area (Å²) in [7, 11) is 0. The first kappa shape index (κ1) is 26.5. The van der Waals surface area contributed by atoms with E-state index in [2.05, 4.69) is 34.7 Å². The van der Waals surface area contributed by atoms with Crippen molar-refractivity contribution in [2.24, 2.45) is 0 Å². The quantitative estimate of drug-likeness (QED) is 0.201.